The summed E-state index contributed by atoms with van der Waals surface area (Å²) in [5.41, 5.74) is 3.82. The Hall–Kier alpha value is -2.73. The third kappa shape index (κ3) is 2.05. The zero-order chi connectivity index (χ0) is 15.1. The van der Waals surface area contributed by atoms with Crippen molar-refractivity contribution in [2.45, 2.75) is 0 Å². The van der Waals surface area contributed by atoms with Crippen LogP contribution < -0.4 is 5.23 Å². The van der Waals surface area contributed by atoms with Crippen LogP contribution in [0.15, 0.2) is 60.8 Å². The van der Waals surface area contributed by atoms with Crippen LogP contribution in [0.4, 0.5) is 5.69 Å². The predicted molar refractivity (Wildman–Crippen MR) is 84.8 cm³/mol. The van der Waals surface area contributed by atoms with Gasteiger partial charge < -0.3 is 10.2 Å². The van der Waals surface area contributed by atoms with Crippen molar-refractivity contribution >= 4 is 27.5 Å². The molecule has 22 heavy (non-hydrogen) atoms. The summed E-state index contributed by atoms with van der Waals surface area (Å²) in [7, 11) is 0. The van der Waals surface area contributed by atoms with E-state index in [0.717, 1.165) is 33.1 Å². The number of hydrogen-bond acceptors (Lipinski definition) is 3. The summed E-state index contributed by atoms with van der Waals surface area (Å²) < 4.78 is 0. The number of rotatable bonds is 2. The van der Waals surface area contributed by atoms with E-state index in [1.165, 1.54) is 0 Å². The number of benzene rings is 2. The molecule has 0 aliphatic rings. The van der Waals surface area contributed by atoms with Gasteiger partial charge in [0, 0.05) is 40.2 Å². The van der Waals surface area contributed by atoms with Crippen molar-refractivity contribution in [3.8, 4) is 11.3 Å². The topological polar surface area (TPSA) is 76.4 Å². The first-order valence-corrected chi connectivity index (χ1v) is 6.93. The molecule has 0 fully saturated rings. The zero-order valence-electron chi connectivity index (χ0n) is 11.6. The number of nitrogens with one attached hydrogen (secondary N) is 2. The molecule has 3 N–H and O–H groups in total. The number of fused-ring (bicyclic) bond motifs is 2. The van der Waals surface area contributed by atoms with Gasteiger partial charge in [-0.2, -0.15) is 5.23 Å². The van der Waals surface area contributed by atoms with Gasteiger partial charge in [-0.15, -0.1) is 0 Å². The van der Waals surface area contributed by atoms with E-state index < -0.39 is 5.23 Å². The van der Waals surface area contributed by atoms with E-state index in [9.17, 15) is 5.21 Å². The summed E-state index contributed by atoms with van der Waals surface area (Å²) in [6, 6.07) is 17.0. The lowest BCUT2D eigenvalue weighted by molar-refractivity contribution is -0.991. The molecule has 0 aliphatic heterocycles. The Labute approximate surface area is 126 Å². The Balaban J connectivity index is 1.93. The molecule has 0 saturated carbocycles. The maximum Gasteiger partial charge on any atom is 0.164 e. The summed E-state index contributed by atoms with van der Waals surface area (Å²) in [6.07, 6.45) is 1.87. The van der Waals surface area contributed by atoms with Gasteiger partial charge in [-0.25, -0.2) is 10.2 Å². The Kier molecular flexibility index (Phi) is 2.90. The molecule has 0 saturated heterocycles. The third-order valence-corrected chi connectivity index (χ3v) is 3.80. The summed E-state index contributed by atoms with van der Waals surface area (Å²) in [6.45, 7) is 0. The van der Waals surface area contributed by atoms with Crippen LogP contribution in [-0.4, -0.2) is 15.2 Å². The lowest BCUT2D eigenvalue weighted by Gasteiger charge is -2.11. The van der Waals surface area contributed by atoms with Crippen LogP contribution in [0, 0.1) is 5.21 Å². The van der Waals surface area contributed by atoms with Crippen molar-refractivity contribution in [2.24, 2.45) is 0 Å². The number of aromatic amines is 1. The highest BCUT2D eigenvalue weighted by atomic mass is 16.8. The normalized spacial score (nSPS) is 12.8. The molecule has 0 radical (unpaired) electrons. The molecule has 5 heteroatoms. The molecular formula is C17H13N3O2. The van der Waals surface area contributed by atoms with Crippen LogP contribution in [0.3, 0.4) is 0 Å². The van der Waals surface area contributed by atoms with Gasteiger partial charge in [0.15, 0.2) is 5.69 Å². The van der Waals surface area contributed by atoms with Gasteiger partial charge in [0.05, 0.1) is 11.2 Å². The zero-order valence-corrected chi connectivity index (χ0v) is 11.6. The van der Waals surface area contributed by atoms with Crippen LogP contribution in [0.1, 0.15) is 0 Å². The van der Waals surface area contributed by atoms with Gasteiger partial charge in [-0.1, -0.05) is 24.3 Å². The van der Waals surface area contributed by atoms with Crippen LogP contribution >= 0.6 is 0 Å². The number of quaternary nitrogens is 1. The molecule has 4 rings (SSSR count). The summed E-state index contributed by atoms with van der Waals surface area (Å²) in [5, 5.41) is 21.3. The minimum absolute atomic E-state index is 0.272. The van der Waals surface area contributed by atoms with E-state index in [-0.39, 0.29) is 5.69 Å². The van der Waals surface area contributed by atoms with Crippen molar-refractivity contribution in [1.82, 2.24) is 9.97 Å². The summed E-state index contributed by atoms with van der Waals surface area (Å²) in [4.78, 5) is 7.84. The number of aromatic nitrogens is 2. The number of nitrogens with zero attached hydrogens (tertiary/aromatic N) is 1. The molecule has 0 amide bonds. The summed E-state index contributed by atoms with van der Waals surface area (Å²) in [5.74, 6) is 0. The smallest absolute Gasteiger partial charge is 0.164 e. The Morgan fingerprint density at radius 1 is 1.05 bits per heavy atom. The second kappa shape index (κ2) is 4.92. The molecule has 108 valence electrons. The fraction of sp³-hybridized carbons (Fsp3) is 0. The van der Waals surface area contributed by atoms with Crippen molar-refractivity contribution in [3.63, 3.8) is 0 Å². The number of para-hydroxylation sites is 1. The lowest BCUT2D eigenvalue weighted by atomic mass is 10.1. The third-order valence-electron chi connectivity index (χ3n) is 3.80. The van der Waals surface area contributed by atoms with E-state index >= 15 is 0 Å². The average molecular weight is 291 g/mol. The Morgan fingerprint density at radius 2 is 1.91 bits per heavy atom. The minimum atomic E-state index is -0.930. The molecule has 2 heterocycles. The Morgan fingerprint density at radius 3 is 2.77 bits per heavy atom. The molecule has 0 spiro atoms. The molecule has 1 unspecified atom stereocenters. The van der Waals surface area contributed by atoms with Gasteiger partial charge in [0.1, 0.15) is 0 Å². The van der Waals surface area contributed by atoms with Gasteiger partial charge in [-0.3, -0.25) is 0 Å². The first-order chi connectivity index (χ1) is 10.7. The monoisotopic (exact) mass is 291 g/mol. The van der Waals surface area contributed by atoms with Gasteiger partial charge in [0.25, 0.3) is 0 Å². The highest BCUT2D eigenvalue weighted by molar-refractivity contribution is 5.97. The lowest BCUT2D eigenvalue weighted by Crippen LogP contribution is -2.99. The van der Waals surface area contributed by atoms with Crippen LogP contribution in [0.2, 0.25) is 0 Å². The SMILES string of the molecule is [O-][NH+](O)c1ccc2[nH]cc(-c3ccc4ccccc4n3)c2c1. The molecule has 4 aromatic rings. The fourth-order valence-corrected chi connectivity index (χ4v) is 2.68. The van der Waals surface area contributed by atoms with Gasteiger partial charge in [-0.05, 0) is 18.2 Å². The van der Waals surface area contributed by atoms with E-state index in [0.29, 0.717) is 0 Å². The molecule has 0 bridgehead atoms. The van der Waals surface area contributed by atoms with Gasteiger partial charge in [0.2, 0.25) is 0 Å². The fourth-order valence-electron chi connectivity index (χ4n) is 2.68. The first kappa shape index (κ1) is 13.0. The highest BCUT2D eigenvalue weighted by Crippen LogP contribution is 2.29. The highest BCUT2D eigenvalue weighted by Gasteiger charge is 2.11. The maximum atomic E-state index is 11.2. The van der Waals surface area contributed by atoms with Crippen molar-refractivity contribution in [1.29, 1.82) is 0 Å². The van der Waals surface area contributed by atoms with Gasteiger partial charge >= 0.3 is 0 Å². The van der Waals surface area contributed by atoms with E-state index in [1.54, 1.807) is 18.2 Å². The Bertz CT molecular complexity index is 976. The number of pyridine rings is 1. The largest absolute Gasteiger partial charge is 0.595 e. The minimum Gasteiger partial charge on any atom is -0.595 e. The van der Waals surface area contributed by atoms with Crippen LogP contribution in [0.5, 0.6) is 0 Å². The molecule has 2 aromatic heterocycles. The molecule has 1 atom stereocenters. The van der Waals surface area contributed by atoms with E-state index in [1.807, 2.05) is 42.6 Å². The van der Waals surface area contributed by atoms with Crippen molar-refractivity contribution in [3.05, 3.63) is 66.0 Å². The quantitative estimate of drug-likeness (QED) is 0.497. The van der Waals surface area contributed by atoms with E-state index in [4.69, 9.17) is 5.21 Å². The molecule has 2 aromatic carbocycles. The number of hydrogen-bond donors (Lipinski definition) is 3. The van der Waals surface area contributed by atoms with E-state index in [2.05, 4.69) is 9.97 Å². The van der Waals surface area contributed by atoms with Crippen LogP contribution in [-0.2, 0) is 0 Å². The standard InChI is InChI=1S/C17H13N3O2/c21-20(22)12-6-8-16-13(9-12)14(10-18-16)17-7-5-11-3-1-2-4-15(11)19-17/h1-10,18,20-21H. The summed E-state index contributed by atoms with van der Waals surface area (Å²) >= 11 is 0. The van der Waals surface area contributed by atoms with Crippen molar-refractivity contribution in [2.75, 3.05) is 0 Å². The number of H-pyrrole nitrogens is 1. The maximum absolute atomic E-state index is 11.2. The first-order valence-electron chi connectivity index (χ1n) is 6.93. The molecule has 0 aliphatic carbocycles. The molecular weight excluding hydrogens is 278 g/mol. The van der Waals surface area contributed by atoms with Crippen LogP contribution in [0.25, 0.3) is 33.1 Å². The molecule has 5 nitrogen and oxygen atoms in total. The predicted octanol–water partition coefficient (Wildman–Crippen LogP) is 2.79. The second-order valence-electron chi connectivity index (χ2n) is 5.16. The van der Waals surface area contributed by atoms with Crippen molar-refractivity contribution < 1.29 is 10.4 Å². The second-order valence-corrected chi connectivity index (χ2v) is 5.16. The average Bonchev–Trinajstić information content (AvgIpc) is 2.97.